The van der Waals surface area contributed by atoms with Crippen LogP contribution in [0.2, 0.25) is 0 Å². The van der Waals surface area contributed by atoms with Crippen LogP contribution < -0.4 is 0 Å². The lowest BCUT2D eigenvalue weighted by molar-refractivity contribution is 0.0379. The molecule has 114 valence electrons. The van der Waals surface area contributed by atoms with E-state index in [1.165, 1.54) is 0 Å². The third kappa shape index (κ3) is 4.22. The van der Waals surface area contributed by atoms with Gasteiger partial charge in [-0.15, -0.1) is 0 Å². The first kappa shape index (κ1) is 14.9. The zero-order valence-corrected chi connectivity index (χ0v) is 13.2. The van der Waals surface area contributed by atoms with Gasteiger partial charge in [0.2, 0.25) is 0 Å². The molecule has 5 heteroatoms. The van der Waals surface area contributed by atoms with Gasteiger partial charge in [-0.2, -0.15) is 12.6 Å². The Morgan fingerprint density at radius 3 is 2.90 bits per heavy atom. The summed E-state index contributed by atoms with van der Waals surface area (Å²) in [5.41, 5.74) is 2.19. The van der Waals surface area contributed by atoms with Crippen LogP contribution in [0, 0.1) is 0 Å². The van der Waals surface area contributed by atoms with Crippen LogP contribution in [0.3, 0.4) is 0 Å². The number of ether oxygens (including phenoxy) is 1. The van der Waals surface area contributed by atoms with Crippen molar-refractivity contribution in [2.24, 2.45) is 0 Å². The molecular weight excluding hydrogens is 282 g/mol. The molecule has 0 bridgehead atoms. The molecule has 1 aromatic carbocycles. The molecule has 1 aliphatic rings. The second-order valence-electron chi connectivity index (χ2n) is 5.66. The van der Waals surface area contributed by atoms with Gasteiger partial charge in [-0.25, -0.2) is 4.98 Å². The van der Waals surface area contributed by atoms with E-state index >= 15 is 0 Å². The first-order valence-corrected chi connectivity index (χ1v) is 8.25. The van der Waals surface area contributed by atoms with Crippen LogP contribution in [0.25, 0.3) is 11.0 Å². The van der Waals surface area contributed by atoms with Crippen molar-refractivity contribution < 1.29 is 4.74 Å². The van der Waals surface area contributed by atoms with Crippen molar-refractivity contribution in [3.63, 3.8) is 0 Å². The number of hydrogen-bond acceptors (Lipinski definition) is 4. The number of morpholine rings is 1. The number of nitrogens with zero attached hydrogens (tertiary/aromatic N) is 2. The largest absolute Gasteiger partial charge is 0.379 e. The number of nitrogens with one attached hydrogen (secondary N) is 1. The van der Waals surface area contributed by atoms with Gasteiger partial charge in [0, 0.05) is 31.3 Å². The minimum Gasteiger partial charge on any atom is -0.379 e. The Morgan fingerprint density at radius 2 is 2.10 bits per heavy atom. The van der Waals surface area contributed by atoms with Crippen molar-refractivity contribution in [2.45, 2.75) is 24.5 Å². The smallest absolute Gasteiger partial charge is 0.107 e. The summed E-state index contributed by atoms with van der Waals surface area (Å²) < 4.78 is 5.37. The molecule has 1 N–H and O–H groups in total. The molecule has 21 heavy (non-hydrogen) atoms. The zero-order chi connectivity index (χ0) is 14.5. The molecule has 1 saturated heterocycles. The summed E-state index contributed by atoms with van der Waals surface area (Å²) in [7, 11) is 0. The van der Waals surface area contributed by atoms with Gasteiger partial charge in [0.15, 0.2) is 0 Å². The molecule has 0 aliphatic carbocycles. The van der Waals surface area contributed by atoms with Gasteiger partial charge in [-0.05, 0) is 25.0 Å². The second-order valence-corrected chi connectivity index (χ2v) is 6.39. The Hall–Kier alpha value is -1.04. The maximum absolute atomic E-state index is 5.37. The fraction of sp³-hybridized carbons (Fsp3) is 0.562. The van der Waals surface area contributed by atoms with Gasteiger partial charge in [-0.1, -0.05) is 12.1 Å². The van der Waals surface area contributed by atoms with E-state index in [1.54, 1.807) is 0 Å². The van der Waals surface area contributed by atoms with E-state index in [9.17, 15) is 0 Å². The van der Waals surface area contributed by atoms with Crippen LogP contribution >= 0.6 is 12.6 Å². The van der Waals surface area contributed by atoms with Crippen LogP contribution in [0.5, 0.6) is 0 Å². The van der Waals surface area contributed by atoms with Crippen molar-refractivity contribution in [3.05, 3.63) is 30.1 Å². The first-order valence-electron chi connectivity index (χ1n) is 7.73. The number of para-hydroxylation sites is 2. The monoisotopic (exact) mass is 305 g/mol. The summed E-state index contributed by atoms with van der Waals surface area (Å²) in [6.45, 7) is 4.87. The molecule has 1 fully saturated rings. The summed E-state index contributed by atoms with van der Waals surface area (Å²) >= 11 is 4.72. The lowest BCUT2D eigenvalue weighted by Gasteiger charge is -2.28. The number of hydrogen-bond donors (Lipinski definition) is 2. The van der Waals surface area contributed by atoms with Gasteiger partial charge in [0.1, 0.15) is 5.82 Å². The fourth-order valence-electron chi connectivity index (χ4n) is 2.80. The zero-order valence-electron chi connectivity index (χ0n) is 12.3. The number of rotatable bonds is 6. The molecule has 1 atom stereocenters. The highest BCUT2D eigenvalue weighted by Gasteiger charge is 2.14. The van der Waals surface area contributed by atoms with Crippen molar-refractivity contribution in [1.82, 2.24) is 14.9 Å². The quantitative estimate of drug-likeness (QED) is 0.806. The highest BCUT2D eigenvalue weighted by molar-refractivity contribution is 7.81. The van der Waals surface area contributed by atoms with Gasteiger partial charge >= 0.3 is 0 Å². The maximum atomic E-state index is 5.37. The fourth-order valence-corrected chi connectivity index (χ4v) is 3.22. The van der Waals surface area contributed by atoms with Crippen LogP contribution in [0.4, 0.5) is 0 Å². The third-order valence-corrected chi connectivity index (χ3v) is 4.38. The lowest BCUT2D eigenvalue weighted by atomic mass is 10.1. The van der Waals surface area contributed by atoms with E-state index in [0.29, 0.717) is 5.25 Å². The number of aromatic amines is 1. The average Bonchev–Trinajstić information content (AvgIpc) is 2.91. The Kier molecular flexibility index (Phi) is 5.17. The van der Waals surface area contributed by atoms with Crippen molar-refractivity contribution in [3.8, 4) is 0 Å². The number of aromatic nitrogens is 2. The molecule has 1 aliphatic heterocycles. The molecule has 2 heterocycles. The highest BCUT2D eigenvalue weighted by atomic mass is 32.1. The van der Waals surface area contributed by atoms with Gasteiger partial charge < -0.3 is 9.72 Å². The molecule has 0 spiro atoms. The Balaban J connectivity index is 1.42. The number of imidazole rings is 1. The van der Waals surface area contributed by atoms with E-state index in [0.717, 1.165) is 69.0 Å². The summed E-state index contributed by atoms with van der Waals surface area (Å²) in [4.78, 5) is 10.5. The molecule has 1 unspecified atom stereocenters. The SMILES string of the molecule is SC(CCCc1nc2ccccc2[nH]1)CN1CCOCC1. The predicted octanol–water partition coefficient (Wildman–Crippen LogP) is 2.52. The number of thiol groups is 1. The second kappa shape index (κ2) is 7.29. The Labute approximate surface area is 131 Å². The van der Waals surface area contributed by atoms with E-state index in [4.69, 9.17) is 17.4 Å². The van der Waals surface area contributed by atoms with E-state index in [-0.39, 0.29) is 0 Å². The van der Waals surface area contributed by atoms with Crippen molar-refractivity contribution in [1.29, 1.82) is 0 Å². The normalized spacial score (nSPS) is 18.1. The van der Waals surface area contributed by atoms with E-state index < -0.39 is 0 Å². The van der Waals surface area contributed by atoms with Crippen LogP contribution in [-0.4, -0.2) is 53.0 Å². The molecule has 0 saturated carbocycles. The molecule has 0 amide bonds. The average molecular weight is 305 g/mol. The lowest BCUT2D eigenvalue weighted by Crippen LogP contribution is -2.39. The summed E-state index contributed by atoms with van der Waals surface area (Å²) in [6.07, 6.45) is 3.24. The van der Waals surface area contributed by atoms with Gasteiger partial charge in [-0.3, -0.25) is 4.90 Å². The summed E-state index contributed by atoms with van der Waals surface area (Å²) in [6, 6.07) is 8.19. The molecule has 4 nitrogen and oxygen atoms in total. The van der Waals surface area contributed by atoms with Crippen LogP contribution in [-0.2, 0) is 11.2 Å². The van der Waals surface area contributed by atoms with Crippen molar-refractivity contribution in [2.75, 3.05) is 32.8 Å². The van der Waals surface area contributed by atoms with Crippen LogP contribution in [0.15, 0.2) is 24.3 Å². The molecule has 3 rings (SSSR count). The summed E-state index contributed by atoms with van der Waals surface area (Å²) in [5, 5.41) is 0.437. The van der Waals surface area contributed by atoms with Crippen molar-refractivity contribution >= 4 is 23.7 Å². The van der Waals surface area contributed by atoms with Crippen LogP contribution in [0.1, 0.15) is 18.7 Å². The van der Waals surface area contributed by atoms with E-state index in [1.807, 2.05) is 12.1 Å². The van der Waals surface area contributed by atoms with Gasteiger partial charge in [0.05, 0.1) is 24.2 Å². The predicted molar refractivity (Wildman–Crippen MR) is 89.1 cm³/mol. The first-order chi connectivity index (χ1) is 10.3. The maximum Gasteiger partial charge on any atom is 0.107 e. The minimum absolute atomic E-state index is 0.437. The number of H-pyrrole nitrogens is 1. The standard InChI is InChI=1S/C16H23N3OS/c21-13(12-19-8-10-20-11-9-19)4-3-7-16-17-14-5-1-2-6-15(14)18-16/h1-2,5-6,13,21H,3-4,7-12H2,(H,17,18). The third-order valence-electron chi connectivity index (χ3n) is 3.96. The number of fused-ring (bicyclic) bond motifs is 1. The molecule has 2 aromatic rings. The Morgan fingerprint density at radius 1 is 1.29 bits per heavy atom. The molecule has 1 aromatic heterocycles. The van der Waals surface area contributed by atoms with E-state index in [2.05, 4.69) is 27.0 Å². The molecule has 0 radical (unpaired) electrons. The number of benzene rings is 1. The topological polar surface area (TPSA) is 41.2 Å². The molecular formula is C16H23N3OS. The number of aryl methyl sites for hydroxylation is 1. The highest BCUT2D eigenvalue weighted by Crippen LogP contribution is 2.14. The summed E-state index contributed by atoms with van der Waals surface area (Å²) in [5.74, 6) is 1.09. The van der Waals surface area contributed by atoms with Gasteiger partial charge in [0.25, 0.3) is 0 Å². The minimum atomic E-state index is 0.437. The Bertz CT molecular complexity index is 532.